The lowest BCUT2D eigenvalue weighted by Crippen LogP contribution is -2.13. The van der Waals surface area contributed by atoms with E-state index in [1.165, 1.54) is 35.9 Å². The highest BCUT2D eigenvalue weighted by molar-refractivity contribution is 7.99. The average Bonchev–Trinajstić information content (AvgIpc) is 2.58. The molecular weight excluding hydrogens is 198 g/mol. The summed E-state index contributed by atoms with van der Waals surface area (Å²) in [6.07, 6.45) is 4.61. The number of aromatic amines is 1. The molecule has 4 nitrogen and oxygen atoms in total. The minimum absolute atomic E-state index is 0.289. The summed E-state index contributed by atoms with van der Waals surface area (Å²) in [5.74, 6) is 0.0275. The molecule has 0 spiro atoms. The van der Waals surface area contributed by atoms with Crippen LogP contribution in [0.1, 0.15) is 24.1 Å². The van der Waals surface area contributed by atoms with Crippen molar-refractivity contribution in [2.75, 3.05) is 5.75 Å². The maximum atomic E-state index is 10.6. The molecule has 1 aromatic rings. The number of carbonyl (C=O) groups excluding carboxylic acids is 1. The van der Waals surface area contributed by atoms with E-state index in [1.54, 1.807) is 0 Å². The number of nitrogens with one attached hydrogen (secondary N) is 1. The minimum atomic E-state index is -0.289. The van der Waals surface area contributed by atoms with Crippen molar-refractivity contribution in [1.82, 2.24) is 10.2 Å². The van der Waals surface area contributed by atoms with Gasteiger partial charge in [-0.25, -0.2) is 0 Å². The Bertz CT molecular complexity index is 348. The second-order valence-corrected chi connectivity index (χ2v) is 4.41. The van der Waals surface area contributed by atoms with Gasteiger partial charge in [0.05, 0.1) is 5.75 Å². The summed E-state index contributed by atoms with van der Waals surface area (Å²) < 4.78 is 0. The highest BCUT2D eigenvalue weighted by atomic mass is 32.2. The number of nitrogens with zero attached hydrogens (tertiary/aromatic N) is 1. The Kier molecular flexibility index (Phi) is 2.77. The second-order valence-electron chi connectivity index (χ2n) is 3.45. The van der Waals surface area contributed by atoms with Crippen LogP contribution in [0.3, 0.4) is 0 Å². The van der Waals surface area contributed by atoms with Crippen molar-refractivity contribution in [3.8, 4) is 0 Å². The average molecular weight is 211 g/mol. The fraction of sp³-hybridized carbons (Fsp3) is 0.556. The van der Waals surface area contributed by atoms with Gasteiger partial charge in [0.15, 0.2) is 0 Å². The van der Waals surface area contributed by atoms with Crippen molar-refractivity contribution < 1.29 is 4.79 Å². The maximum absolute atomic E-state index is 10.6. The largest absolute Gasteiger partial charge is 0.369 e. The fourth-order valence-corrected chi connectivity index (χ4v) is 2.50. The molecule has 0 radical (unpaired) electrons. The Morgan fingerprint density at radius 2 is 2.29 bits per heavy atom. The zero-order chi connectivity index (χ0) is 9.97. The predicted molar refractivity (Wildman–Crippen MR) is 55.1 cm³/mol. The van der Waals surface area contributed by atoms with Crippen molar-refractivity contribution in [3.05, 3.63) is 11.3 Å². The smallest absolute Gasteiger partial charge is 0.227 e. The number of primary amides is 1. The molecule has 0 saturated carbocycles. The normalized spacial score (nSPS) is 15.1. The molecule has 3 N–H and O–H groups in total. The van der Waals surface area contributed by atoms with Crippen molar-refractivity contribution in [2.24, 2.45) is 5.73 Å². The lowest BCUT2D eigenvalue weighted by Gasteiger charge is -2.10. The Morgan fingerprint density at radius 1 is 1.50 bits per heavy atom. The zero-order valence-corrected chi connectivity index (χ0v) is 8.69. The third-order valence-corrected chi connectivity index (χ3v) is 3.41. The van der Waals surface area contributed by atoms with Crippen molar-refractivity contribution in [3.63, 3.8) is 0 Å². The van der Waals surface area contributed by atoms with Gasteiger partial charge in [0.1, 0.15) is 5.03 Å². The summed E-state index contributed by atoms with van der Waals surface area (Å²) in [5, 5.41) is 8.18. The molecule has 2 rings (SSSR count). The summed E-state index contributed by atoms with van der Waals surface area (Å²) in [5.41, 5.74) is 7.62. The topological polar surface area (TPSA) is 71.8 Å². The van der Waals surface area contributed by atoms with Gasteiger partial charge in [-0.05, 0) is 25.7 Å². The van der Waals surface area contributed by atoms with Gasteiger partial charge in [0.2, 0.25) is 5.91 Å². The first-order chi connectivity index (χ1) is 6.77. The quantitative estimate of drug-likeness (QED) is 0.728. The molecule has 1 aromatic heterocycles. The summed E-state index contributed by atoms with van der Waals surface area (Å²) in [4.78, 5) is 10.6. The number of aryl methyl sites for hydroxylation is 1. The number of hydrogen-bond donors (Lipinski definition) is 2. The van der Waals surface area contributed by atoms with Crippen molar-refractivity contribution in [2.45, 2.75) is 30.7 Å². The number of hydrogen-bond acceptors (Lipinski definition) is 3. The van der Waals surface area contributed by atoms with Gasteiger partial charge in [-0.1, -0.05) is 11.8 Å². The Morgan fingerprint density at radius 3 is 3.07 bits per heavy atom. The van der Waals surface area contributed by atoms with Crippen LogP contribution in [0.25, 0.3) is 0 Å². The first-order valence-corrected chi connectivity index (χ1v) is 5.73. The van der Waals surface area contributed by atoms with Crippen LogP contribution in [-0.2, 0) is 17.6 Å². The molecule has 0 bridgehead atoms. The van der Waals surface area contributed by atoms with Crippen LogP contribution < -0.4 is 5.73 Å². The van der Waals surface area contributed by atoms with E-state index >= 15 is 0 Å². The Balaban J connectivity index is 2.10. The first kappa shape index (κ1) is 9.58. The van der Waals surface area contributed by atoms with Crippen LogP contribution in [0.15, 0.2) is 5.03 Å². The van der Waals surface area contributed by atoms with Gasteiger partial charge in [0, 0.05) is 11.3 Å². The summed E-state index contributed by atoms with van der Waals surface area (Å²) in [6, 6.07) is 0. The zero-order valence-electron chi connectivity index (χ0n) is 7.88. The predicted octanol–water partition coefficient (Wildman–Crippen LogP) is 0.866. The van der Waals surface area contributed by atoms with E-state index in [0.29, 0.717) is 5.75 Å². The number of fused-ring (bicyclic) bond motifs is 1. The SMILES string of the molecule is NC(=O)CSc1n[nH]c2c1CCCC2. The van der Waals surface area contributed by atoms with E-state index in [0.717, 1.165) is 17.9 Å². The first-order valence-electron chi connectivity index (χ1n) is 4.74. The molecule has 0 fully saturated rings. The van der Waals surface area contributed by atoms with Gasteiger partial charge in [0.25, 0.3) is 0 Å². The third kappa shape index (κ3) is 1.92. The molecule has 0 atom stereocenters. The van der Waals surface area contributed by atoms with E-state index < -0.39 is 0 Å². The number of rotatable bonds is 3. The molecule has 5 heteroatoms. The minimum Gasteiger partial charge on any atom is -0.369 e. The standard InChI is InChI=1S/C9H13N3OS/c10-8(13)5-14-9-6-3-1-2-4-7(6)11-12-9/h1-5H2,(H2,10,13)(H,11,12). The lowest BCUT2D eigenvalue weighted by molar-refractivity contribution is -0.115. The van der Waals surface area contributed by atoms with Gasteiger partial charge in [-0.2, -0.15) is 5.10 Å². The Labute approximate surface area is 86.6 Å². The van der Waals surface area contributed by atoms with Crippen LogP contribution in [0.5, 0.6) is 0 Å². The number of carbonyl (C=O) groups is 1. The van der Waals surface area contributed by atoms with Gasteiger partial charge in [-0.15, -0.1) is 0 Å². The summed E-state index contributed by atoms with van der Waals surface area (Å²) in [7, 11) is 0. The van der Waals surface area contributed by atoms with Crippen LogP contribution in [-0.4, -0.2) is 21.9 Å². The summed E-state index contributed by atoms with van der Waals surface area (Å²) >= 11 is 1.43. The molecule has 1 aliphatic rings. The maximum Gasteiger partial charge on any atom is 0.227 e. The highest BCUT2D eigenvalue weighted by Gasteiger charge is 2.17. The number of nitrogens with two attached hydrogens (primary N) is 1. The van der Waals surface area contributed by atoms with E-state index in [2.05, 4.69) is 10.2 Å². The Hall–Kier alpha value is -0.970. The van der Waals surface area contributed by atoms with Crippen molar-refractivity contribution in [1.29, 1.82) is 0 Å². The van der Waals surface area contributed by atoms with E-state index in [1.807, 2.05) is 0 Å². The molecule has 1 heterocycles. The molecule has 0 aliphatic heterocycles. The van der Waals surface area contributed by atoms with Gasteiger partial charge in [-0.3, -0.25) is 9.89 Å². The van der Waals surface area contributed by atoms with Crippen LogP contribution in [0.2, 0.25) is 0 Å². The van der Waals surface area contributed by atoms with Crippen molar-refractivity contribution >= 4 is 17.7 Å². The lowest BCUT2D eigenvalue weighted by atomic mass is 9.99. The number of H-pyrrole nitrogens is 1. The molecule has 76 valence electrons. The molecule has 1 amide bonds. The van der Waals surface area contributed by atoms with Crippen LogP contribution >= 0.6 is 11.8 Å². The number of aromatic nitrogens is 2. The molecule has 0 aromatic carbocycles. The summed E-state index contributed by atoms with van der Waals surface area (Å²) in [6.45, 7) is 0. The van der Waals surface area contributed by atoms with Crippen LogP contribution in [0.4, 0.5) is 0 Å². The number of amides is 1. The fourth-order valence-electron chi connectivity index (χ4n) is 1.71. The van der Waals surface area contributed by atoms with Gasteiger partial charge >= 0.3 is 0 Å². The second kappa shape index (κ2) is 4.04. The molecular formula is C9H13N3OS. The van der Waals surface area contributed by atoms with Gasteiger partial charge < -0.3 is 5.73 Å². The highest BCUT2D eigenvalue weighted by Crippen LogP contribution is 2.28. The van der Waals surface area contributed by atoms with Crippen LogP contribution in [0, 0.1) is 0 Å². The van der Waals surface area contributed by atoms with E-state index in [-0.39, 0.29) is 5.91 Å². The van der Waals surface area contributed by atoms with E-state index in [4.69, 9.17) is 5.73 Å². The molecule has 1 aliphatic carbocycles. The molecule has 0 unspecified atom stereocenters. The third-order valence-electron chi connectivity index (χ3n) is 2.37. The molecule has 14 heavy (non-hydrogen) atoms. The molecule has 0 saturated heterocycles. The monoisotopic (exact) mass is 211 g/mol. The number of thioether (sulfide) groups is 1. The van der Waals surface area contributed by atoms with E-state index in [9.17, 15) is 4.79 Å².